The number of hydrogen-bond donors (Lipinski definition) is 1. The summed E-state index contributed by atoms with van der Waals surface area (Å²) in [6.07, 6.45) is 0. The van der Waals surface area contributed by atoms with Crippen LogP contribution in [0.1, 0.15) is 12.5 Å². The lowest BCUT2D eigenvalue weighted by molar-refractivity contribution is -0.123. The third-order valence-corrected chi connectivity index (χ3v) is 3.95. The van der Waals surface area contributed by atoms with Crippen LogP contribution in [0, 0.1) is 0 Å². The third-order valence-electron chi connectivity index (χ3n) is 3.70. The average molecular weight is 353 g/mol. The minimum absolute atomic E-state index is 0.101. The Bertz CT molecular complexity index is 920. The summed E-state index contributed by atoms with van der Waals surface area (Å²) in [5.41, 5.74) is 4.07. The van der Waals surface area contributed by atoms with Crippen molar-refractivity contribution in [2.24, 2.45) is 5.10 Å². The molecule has 1 amide bonds. The second kappa shape index (κ2) is 7.81. The Balaban J connectivity index is 1.56. The van der Waals surface area contributed by atoms with E-state index in [9.17, 15) is 4.79 Å². The third kappa shape index (κ3) is 4.58. The molecule has 0 heterocycles. The van der Waals surface area contributed by atoms with Crippen LogP contribution in [0.25, 0.3) is 10.8 Å². The van der Waals surface area contributed by atoms with Crippen LogP contribution in [0.4, 0.5) is 0 Å². The van der Waals surface area contributed by atoms with E-state index in [1.807, 2.05) is 61.5 Å². The van der Waals surface area contributed by atoms with Crippen LogP contribution >= 0.6 is 11.6 Å². The highest BCUT2D eigenvalue weighted by atomic mass is 35.5. The molecule has 0 bridgehead atoms. The number of ether oxygens (including phenoxy) is 1. The Kier molecular flexibility index (Phi) is 5.31. The fourth-order valence-electron chi connectivity index (χ4n) is 2.34. The summed E-state index contributed by atoms with van der Waals surface area (Å²) in [5, 5.41) is 6.93. The lowest BCUT2D eigenvalue weighted by atomic mass is 10.1. The van der Waals surface area contributed by atoms with E-state index >= 15 is 0 Å². The number of nitrogens with zero attached hydrogens (tertiary/aromatic N) is 1. The number of hydrazone groups is 1. The normalized spacial score (nSPS) is 11.4. The first-order chi connectivity index (χ1) is 12.1. The molecule has 0 aliphatic rings. The molecule has 0 aliphatic heterocycles. The lowest BCUT2D eigenvalue weighted by Crippen LogP contribution is -2.25. The van der Waals surface area contributed by atoms with Gasteiger partial charge in [0.05, 0.1) is 5.71 Å². The molecule has 0 aromatic heterocycles. The van der Waals surface area contributed by atoms with E-state index in [0.717, 1.165) is 16.3 Å². The Labute approximate surface area is 151 Å². The highest BCUT2D eigenvalue weighted by molar-refractivity contribution is 6.30. The predicted molar refractivity (Wildman–Crippen MR) is 101 cm³/mol. The van der Waals surface area contributed by atoms with Gasteiger partial charge < -0.3 is 4.74 Å². The van der Waals surface area contributed by atoms with Crippen LogP contribution in [-0.2, 0) is 4.79 Å². The van der Waals surface area contributed by atoms with Crippen LogP contribution in [0.2, 0.25) is 5.02 Å². The minimum atomic E-state index is -0.318. The molecule has 25 heavy (non-hydrogen) atoms. The fraction of sp³-hybridized carbons (Fsp3) is 0.100. The number of fused-ring (bicyclic) bond motifs is 1. The van der Waals surface area contributed by atoms with Gasteiger partial charge in [-0.25, -0.2) is 5.43 Å². The molecular formula is C20H17ClN2O2. The summed E-state index contributed by atoms with van der Waals surface area (Å²) >= 11 is 5.85. The molecule has 3 aromatic carbocycles. The molecule has 5 heteroatoms. The van der Waals surface area contributed by atoms with Crippen molar-refractivity contribution >= 4 is 34.0 Å². The summed E-state index contributed by atoms with van der Waals surface area (Å²) in [6, 6.07) is 20.9. The van der Waals surface area contributed by atoms with E-state index in [1.54, 1.807) is 12.1 Å². The molecule has 0 unspecified atom stereocenters. The van der Waals surface area contributed by atoms with Gasteiger partial charge in [0.15, 0.2) is 6.61 Å². The summed E-state index contributed by atoms with van der Waals surface area (Å²) < 4.78 is 5.53. The molecule has 0 radical (unpaired) electrons. The highest BCUT2D eigenvalue weighted by Crippen LogP contribution is 2.20. The lowest BCUT2D eigenvalue weighted by Gasteiger charge is -2.07. The van der Waals surface area contributed by atoms with Crippen molar-refractivity contribution in [1.29, 1.82) is 0 Å². The van der Waals surface area contributed by atoms with Crippen LogP contribution in [0.3, 0.4) is 0 Å². The molecule has 0 atom stereocenters. The van der Waals surface area contributed by atoms with E-state index in [2.05, 4.69) is 10.5 Å². The number of hydrogen-bond acceptors (Lipinski definition) is 3. The van der Waals surface area contributed by atoms with Gasteiger partial charge in [-0.05, 0) is 47.5 Å². The molecule has 0 spiro atoms. The molecular weight excluding hydrogens is 336 g/mol. The number of halogens is 1. The number of amides is 1. The Morgan fingerprint density at radius 2 is 1.76 bits per heavy atom. The Morgan fingerprint density at radius 1 is 1.04 bits per heavy atom. The summed E-state index contributed by atoms with van der Waals surface area (Å²) in [4.78, 5) is 11.9. The van der Waals surface area contributed by atoms with Gasteiger partial charge >= 0.3 is 0 Å². The first-order valence-electron chi connectivity index (χ1n) is 7.82. The topological polar surface area (TPSA) is 50.7 Å². The van der Waals surface area contributed by atoms with Gasteiger partial charge in [-0.15, -0.1) is 0 Å². The van der Waals surface area contributed by atoms with Crippen molar-refractivity contribution in [3.63, 3.8) is 0 Å². The zero-order valence-electron chi connectivity index (χ0n) is 13.7. The smallest absolute Gasteiger partial charge is 0.277 e. The quantitative estimate of drug-likeness (QED) is 0.546. The Hall–Kier alpha value is -2.85. The number of nitrogens with one attached hydrogen (secondary N) is 1. The minimum Gasteiger partial charge on any atom is -0.484 e. The average Bonchev–Trinajstić information content (AvgIpc) is 2.65. The zero-order chi connectivity index (χ0) is 17.6. The largest absolute Gasteiger partial charge is 0.484 e. The predicted octanol–water partition coefficient (Wildman–Crippen LogP) is 4.41. The molecule has 126 valence electrons. The van der Waals surface area contributed by atoms with Gasteiger partial charge in [0.2, 0.25) is 0 Å². The summed E-state index contributed by atoms with van der Waals surface area (Å²) in [5.74, 6) is 0.328. The maximum Gasteiger partial charge on any atom is 0.277 e. The maximum absolute atomic E-state index is 11.9. The molecule has 3 aromatic rings. The molecule has 1 N–H and O–H groups in total. The molecule has 3 rings (SSSR count). The number of rotatable bonds is 5. The van der Waals surface area contributed by atoms with Crippen LogP contribution in [0.5, 0.6) is 5.75 Å². The van der Waals surface area contributed by atoms with Gasteiger partial charge in [-0.3, -0.25) is 4.79 Å². The summed E-state index contributed by atoms with van der Waals surface area (Å²) in [6.45, 7) is 1.71. The van der Waals surface area contributed by atoms with Crippen LogP contribution < -0.4 is 10.2 Å². The maximum atomic E-state index is 11.9. The van der Waals surface area contributed by atoms with Crippen molar-refractivity contribution in [1.82, 2.24) is 5.43 Å². The van der Waals surface area contributed by atoms with Crippen molar-refractivity contribution in [2.75, 3.05) is 6.61 Å². The van der Waals surface area contributed by atoms with Gasteiger partial charge in [0, 0.05) is 5.02 Å². The van der Waals surface area contributed by atoms with Crippen molar-refractivity contribution in [3.05, 3.63) is 77.3 Å². The van der Waals surface area contributed by atoms with E-state index in [0.29, 0.717) is 16.5 Å². The van der Waals surface area contributed by atoms with E-state index in [4.69, 9.17) is 16.3 Å². The monoisotopic (exact) mass is 352 g/mol. The number of benzene rings is 3. The number of carbonyl (C=O) groups excluding carboxylic acids is 1. The highest BCUT2D eigenvalue weighted by Gasteiger charge is 2.04. The van der Waals surface area contributed by atoms with Crippen molar-refractivity contribution in [2.45, 2.75) is 6.92 Å². The van der Waals surface area contributed by atoms with Gasteiger partial charge in [0.1, 0.15) is 5.75 Å². The van der Waals surface area contributed by atoms with Crippen molar-refractivity contribution < 1.29 is 9.53 Å². The van der Waals surface area contributed by atoms with Crippen LogP contribution in [-0.4, -0.2) is 18.2 Å². The molecule has 0 saturated carbocycles. The van der Waals surface area contributed by atoms with Crippen molar-refractivity contribution in [3.8, 4) is 5.75 Å². The zero-order valence-corrected chi connectivity index (χ0v) is 14.5. The van der Waals surface area contributed by atoms with Crippen LogP contribution in [0.15, 0.2) is 71.8 Å². The first kappa shape index (κ1) is 17.0. The van der Waals surface area contributed by atoms with E-state index < -0.39 is 0 Å². The second-order valence-electron chi connectivity index (χ2n) is 5.54. The molecule has 0 saturated heterocycles. The SMILES string of the molecule is CC(=NNC(=O)COc1ccc2ccccc2c1)c1ccc(Cl)cc1. The number of carbonyl (C=O) groups is 1. The molecule has 4 nitrogen and oxygen atoms in total. The summed E-state index contributed by atoms with van der Waals surface area (Å²) in [7, 11) is 0. The van der Waals surface area contributed by atoms with Gasteiger partial charge in [0.25, 0.3) is 5.91 Å². The second-order valence-corrected chi connectivity index (χ2v) is 5.97. The standard InChI is InChI=1S/C20H17ClN2O2/c1-14(15-6-9-18(21)10-7-15)22-23-20(24)13-25-19-11-8-16-4-2-3-5-17(16)12-19/h2-12H,13H2,1H3,(H,23,24). The fourth-order valence-corrected chi connectivity index (χ4v) is 2.47. The van der Waals surface area contributed by atoms with E-state index in [1.165, 1.54) is 0 Å². The molecule has 0 aliphatic carbocycles. The van der Waals surface area contributed by atoms with E-state index in [-0.39, 0.29) is 12.5 Å². The van der Waals surface area contributed by atoms with Gasteiger partial charge in [-0.1, -0.05) is 54.1 Å². The Morgan fingerprint density at radius 3 is 2.52 bits per heavy atom. The van der Waals surface area contributed by atoms with Gasteiger partial charge in [-0.2, -0.15) is 5.10 Å². The first-order valence-corrected chi connectivity index (χ1v) is 8.20. The molecule has 0 fully saturated rings.